The molecule has 1 aromatic carbocycles. The quantitative estimate of drug-likeness (QED) is 0.790. The van der Waals surface area contributed by atoms with Gasteiger partial charge >= 0.3 is 6.18 Å². The molecule has 1 aliphatic rings. The molecule has 0 bridgehead atoms. The number of hydrogen-bond donors (Lipinski definition) is 3. The molecule has 1 aromatic rings. The molecule has 1 saturated heterocycles. The van der Waals surface area contributed by atoms with Crippen molar-refractivity contribution in [3.05, 3.63) is 35.9 Å². The Balaban J connectivity index is 2.09. The van der Waals surface area contributed by atoms with E-state index in [4.69, 9.17) is 0 Å². The smallest absolute Gasteiger partial charge is 0.375 e. The van der Waals surface area contributed by atoms with Gasteiger partial charge in [-0.3, -0.25) is 4.79 Å². The second-order valence-electron chi connectivity index (χ2n) is 5.47. The average Bonchev–Trinajstić information content (AvgIpc) is 2.53. The maximum Gasteiger partial charge on any atom is 0.423 e. The molecule has 0 radical (unpaired) electrons. The van der Waals surface area contributed by atoms with E-state index in [1.165, 1.54) is 24.3 Å². The molecule has 1 amide bonds. The van der Waals surface area contributed by atoms with Crippen LogP contribution in [0.2, 0.25) is 0 Å². The molecule has 1 aliphatic heterocycles. The lowest BCUT2D eigenvalue weighted by atomic mass is 9.92. The van der Waals surface area contributed by atoms with Crippen molar-refractivity contribution in [2.75, 3.05) is 19.6 Å². The first-order valence-corrected chi connectivity index (χ1v) is 7.17. The molecule has 0 saturated carbocycles. The van der Waals surface area contributed by atoms with Crippen molar-refractivity contribution < 1.29 is 23.1 Å². The van der Waals surface area contributed by atoms with Gasteiger partial charge in [-0.15, -0.1) is 0 Å². The van der Waals surface area contributed by atoms with Crippen LogP contribution >= 0.6 is 0 Å². The van der Waals surface area contributed by atoms with Gasteiger partial charge in [0.15, 0.2) is 0 Å². The second kappa shape index (κ2) is 6.66. The lowest BCUT2D eigenvalue weighted by molar-refractivity contribution is -0.264. The number of halogens is 3. The fraction of sp³-hybridized carbons (Fsp3) is 0.533. The molecule has 1 unspecified atom stereocenters. The highest BCUT2D eigenvalue weighted by atomic mass is 19.4. The fourth-order valence-electron chi connectivity index (χ4n) is 2.52. The van der Waals surface area contributed by atoms with Crippen molar-refractivity contribution >= 4 is 5.91 Å². The number of benzene rings is 1. The van der Waals surface area contributed by atoms with E-state index in [1.807, 2.05) is 0 Å². The number of alkyl halides is 3. The molecule has 2 rings (SSSR count). The molecule has 7 heteroatoms. The van der Waals surface area contributed by atoms with E-state index in [0.29, 0.717) is 25.9 Å². The third-order valence-corrected chi connectivity index (χ3v) is 3.95. The van der Waals surface area contributed by atoms with Crippen molar-refractivity contribution in [1.82, 2.24) is 10.6 Å². The van der Waals surface area contributed by atoms with Gasteiger partial charge in [0, 0.05) is 5.92 Å². The predicted octanol–water partition coefficient (Wildman–Crippen LogP) is 1.55. The third-order valence-electron chi connectivity index (χ3n) is 3.95. The summed E-state index contributed by atoms with van der Waals surface area (Å²) in [4.78, 5) is 12.0. The minimum Gasteiger partial charge on any atom is -0.375 e. The van der Waals surface area contributed by atoms with Crippen molar-refractivity contribution in [2.24, 2.45) is 5.92 Å². The largest absolute Gasteiger partial charge is 0.423 e. The van der Waals surface area contributed by atoms with Crippen LogP contribution in [0.5, 0.6) is 0 Å². The molecular formula is C15H19F3N2O2. The van der Waals surface area contributed by atoms with Crippen LogP contribution in [0, 0.1) is 5.92 Å². The summed E-state index contributed by atoms with van der Waals surface area (Å²) < 4.78 is 39.8. The summed E-state index contributed by atoms with van der Waals surface area (Å²) in [6, 6.07) is 6.80. The van der Waals surface area contributed by atoms with E-state index in [0.717, 1.165) is 0 Å². The van der Waals surface area contributed by atoms with E-state index in [-0.39, 0.29) is 11.5 Å². The topological polar surface area (TPSA) is 61.4 Å². The van der Waals surface area contributed by atoms with Gasteiger partial charge in [-0.1, -0.05) is 30.3 Å². The van der Waals surface area contributed by atoms with Gasteiger partial charge in [0.2, 0.25) is 11.5 Å². The van der Waals surface area contributed by atoms with Gasteiger partial charge in [0.05, 0.1) is 6.54 Å². The van der Waals surface area contributed by atoms with Gasteiger partial charge in [0.1, 0.15) is 0 Å². The van der Waals surface area contributed by atoms with Crippen LogP contribution < -0.4 is 10.6 Å². The first-order valence-electron chi connectivity index (χ1n) is 7.17. The van der Waals surface area contributed by atoms with Crippen LogP contribution in [0.15, 0.2) is 30.3 Å². The third kappa shape index (κ3) is 3.59. The molecule has 1 heterocycles. The first kappa shape index (κ1) is 16.8. The summed E-state index contributed by atoms with van der Waals surface area (Å²) in [6.45, 7) is 0.448. The number of amides is 1. The average molecular weight is 316 g/mol. The Labute approximate surface area is 126 Å². The molecule has 22 heavy (non-hydrogen) atoms. The molecular weight excluding hydrogens is 297 g/mol. The van der Waals surface area contributed by atoms with Crippen LogP contribution in [0.3, 0.4) is 0 Å². The number of piperidine rings is 1. The summed E-state index contributed by atoms with van der Waals surface area (Å²) in [5.74, 6) is -0.755. The van der Waals surface area contributed by atoms with Crippen LogP contribution in [0.1, 0.15) is 18.4 Å². The SMILES string of the molecule is O=C(NCC(O)(c1ccccc1)C(F)(F)F)C1CCNCC1. The van der Waals surface area contributed by atoms with Crippen molar-refractivity contribution in [1.29, 1.82) is 0 Å². The maximum absolute atomic E-state index is 13.3. The van der Waals surface area contributed by atoms with Gasteiger partial charge in [-0.25, -0.2) is 0 Å². The van der Waals surface area contributed by atoms with Crippen molar-refractivity contribution in [3.8, 4) is 0 Å². The summed E-state index contributed by atoms with van der Waals surface area (Å²) >= 11 is 0. The molecule has 0 aromatic heterocycles. The first-order chi connectivity index (χ1) is 10.3. The lowest BCUT2D eigenvalue weighted by Gasteiger charge is -2.32. The highest BCUT2D eigenvalue weighted by Crippen LogP contribution is 2.38. The summed E-state index contributed by atoms with van der Waals surface area (Å²) in [5, 5.41) is 15.5. The molecule has 1 fully saturated rings. The van der Waals surface area contributed by atoms with Crippen LogP contribution in [-0.2, 0) is 10.4 Å². The zero-order valence-electron chi connectivity index (χ0n) is 12.0. The number of aliphatic hydroxyl groups is 1. The van der Waals surface area contributed by atoms with Crippen LogP contribution in [0.25, 0.3) is 0 Å². The van der Waals surface area contributed by atoms with Crippen LogP contribution in [-0.4, -0.2) is 36.8 Å². The lowest BCUT2D eigenvalue weighted by Crippen LogP contribution is -2.52. The van der Waals surface area contributed by atoms with E-state index in [1.54, 1.807) is 6.07 Å². The normalized spacial score (nSPS) is 19.5. The van der Waals surface area contributed by atoms with Gasteiger partial charge in [-0.2, -0.15) is 13.2 Å². The van der Waals surface area contributed by atoms with E-state index in [2.05, 4.69) is 10.6 Å². The summed E-state index contributed by atoms with van der Waals surface area (Å²) in [7, 11) is 0. The summed E-state index contributed by atoms with van der Waals surface area (Å²) in [5.41, 5.74) is -3.37. The fourth-order valence-corrected chi connectivity index (χ4v) is 2.52. The predicted molar refractivity (Wildman–Crippen MR) is 75.0 cm³/mol. The molecule has 0 spiro atoms. The maximum atomic E-state index is 13.3. The Kier molecular flexibility index (Phi) is 5.08. The Bertz CT molecular complexity index is 501. The number of rotatable bonds is 4. The Hall–Kier alpha value is -1.60. The molecule has 0 aliphatic carbocycles. The number of carbonyl (C=O) groups excluding carboxylic acids is 1. The highest BCUT2D eigenvalue weighted by molar-refractivity contribution is 5.78. The van der Waals surface area contributed by atoms with Crippen molar-refractivity contribution in [2.45, 2.75) is 24.6 Å². The molecule has 1 atom stereocenters. The Morgan fingerprint density at radius 2 is 1.82 bits per heavy atom. The van der Waals surface area contributed by atoms with Gasteiger partial charge in [-0.05, 0) is 31.5 Å². The number of carbonyl (C=O) groups is 1. The monoisotopic (exact) mass is 316 g/mol. The number of nitrogens with one attached hydrogen (secondary N) is 2. The molecule has 122 valence electrons. The summed E-state index contributed by atoms with van der Waals surface area (Å²) in [6.07, 6.45) is -3.71. The molecule has 3 N–H and O–H groups in total. The molecule has 4 nitrogen and oxygen atoms in total. The Morgan fingerprint density at radius 1 is 1.23 bits per heavy atom. The van der Waals surface area contributed by atoms with E-state index >= 15 is 0 Å². The Morgan fingerprint density at radius 3 is 2.36 bits per heavy atom. The van der Waals surface area contributed by atoms with Gasteiger partial charge in [0.25, 0.3) is 0 Å². The van der Waals surface area contributed by atoms with Crippen LogP contribution in [0.4, 0.5) is 13.2 Å². The zero-order valence-corrected chi connectivity index (χ0v) is 12.0. The zero-order chi connectivity index (χ0) is 16.2. The number of hydrogen-bond acceptors (Lipinski definition) is 3. The van der Waals surface area contributed by atoms with E-state index in [9.17, 15) is 23.1 Å². The minimum atomic E-state index is -4.88. The van der Waals surface area contributed by atoms with E-state index < -0.39 is 24.2 Å². The van der Waals surface area contributed by atoms with Gasteiger partial charge < -0.3 is 15.7 Å². The second-order valence-corrected chi connectivity index (χ2v) is 5.47. The van der Waals surface area contributed by atoms with Crippen molar-refractivity contribution in [3.63, 3.8) is 0 Å². The highest BCUT2D eigenvalue weighted by Gasteiger charge is 2.55. The standard InChI is InChI=1S/C15H19F3N2O2/c16-15(17,18)14(22,12-4-2-1-3-5-12)10-20-13(21)11-6-8-19-9-7-11/h1-5,11,19,22H,6-10H2,(H,20,21). The minimum absolute atomic E-state index is 0.284.